The number of anilines is 2. The third-order valence-electron chi connectivity index (χ3n) is 6.48. The average Bonchev–Trinajstić information content (AvgIpc) is 3.43. The molecule has 2 aromatic heterocycles. The van der Waals surface area contributed by atoms with Crippen LogP contribution < -0.4 is 20.1 Å². The maximum Gasteiger partial charge on any atom is 0.401 e. The zero-order valence-electron chi connectivity index (χ0n) is 20.8. The van der Waals surface area contributed by atoms with Gasteiger partial charge in [0, 0.05) is 29.8 Å². The molecule has 3 aromatic rings. The summed E-state index contributed by atoms with van der Waals surface area (Å²) in [5.41, 5.74) is 10.5. The summed E-state index contributed by atoms with van der Waals surface area (Å²) in [7, 11) is 0. The fourth-order valence-corrected chi connectivity index (χ4v) is 4.28. The summed E-state index contributed by atoms with van der Waals surface area (Å²) in [4.78, 5) is 15.6. The number of aromatic nitrogens is 4. The fourth-order valence-electron chi connectivity index (χ4n) is 4.28. The molecule has 182 valence electrons. The molecule has 4 rings (SSSR count). The number of rotatable bonds is 7. The summed E-state index contributed by atoms with van der Waals surface area (Å²) < 4.78 is 8.79. The van der Waals surface area contributed by atoms with Crippen molar-refractivity contribution in [1.82, 2.24) is 14.7 Å². The lowest BCUT2D eigenvalue weighted by Gasteiger charge is -2.21. The van der Waals surface area contributed by atoms with Crippen molar-refractivity contribution >= 4 is 23.2 Å². The Morgan fingerprint density at radius 2 is 1.88 bits per heavy atom. The molecule has 34 heavy (non-hydrogen) atoms. The van der Waals surface area contributed by atoms with E-state index in [1.165, 1.54) is 4.68 Å². The van der Waals surface area contributed by atoms with Crippen molar-refractivity contribution in [1.29, 1.82) is 0 Å². The first kappa shape index (κ1) is 23.9. The van der Waals surface area contributed by atoms with Gasteiger partial charge in [0.25, 0.3) is 5.65 Å². The highest BCUT2D eigenvalue weighted by Crippen LogP contribution is 2.29. The first-order chi connectivity index (χ1) is 16.1. The second-order valence-corrected chi connectivity index (χ2v) is 10.0. The molecule has 0 aliphatic carbocycles. The monoisotopic (exact) mass is 467 g/mol. The van der Waals surface area contributed by atoms with Gasteiger partial charge >= 0.3 is 5.95 Å². The van der Waals surface area contributed by atoms with Crippen LogP contribution in [-0.2, 0) is 12.0 Å². The average molecular weight is 468 g/mol. The van der Waals surface area contributed by atoms with Crippen LogP contribution in [0.2, 0.25) is 0 Å². The predicted molar refractivity (Wildman–Crippen MR) is 131 cm³/mol. The number of hydrogen-bond acceptors (Lipinski definition) is 7. The van der Waals surface area contributed by atoms with Gasteiger partial charge in [0.15, 0.2) is 18.1 Å². The van der Waals surface area contributed by atoms with E-state index in [0.29, 0.717) is 22.9 Å². The number of hydrogen-bond donors (Lipinski definition) is 2. The Hall–Kier alpha value is -3.20. The van der Waals surface area contributed by atoms with Gasteiger partial charge in [-0.1, -0.05) is 35.5 Å². The number of fused-ring (bicyclic) bond motifs is 1. The van der Waals surface area contributed by atoms with Crippen molar-refractivity contribution < 1.29 is 19.3 Å². The molecular formula is C25H35N6O3+. The molecule has 1 fully saturated rings. The summed E-state index contributed by atoms with van der Waals surface area (Å²) in [5, 5.41) is 18.6. The number of nitrogen functional groups attached to an aromatic ring is 1. The summed E-state index contributed by atoms with van der Waals surface area (Å²) in [6, 6.07) is 5.51. The fraction of sp³-hybridized carbons (Fsp3) is 0.520. The highest BCUT2D eigenvalue weighted by Gasteiger charge is 2.27. The van der Waals surface area contributed by atoms with Crippen molar-refractivity contribution in [2.24, 2.45) is 0 Å². The summed E-state index contributed by atoms with van der Waals surface area (Å²) >= 11 is 0. The molecule has 0 spiro atoms. The molecule has 0 amide bonds. The molecule has 1 aliphatic rings. The molecular weight excluding hydrogens is 432 g/mol. The Balaban J connectivity index is 1.69. The molecule has 0 atom stereocenters. The second kappa shape index (κ2) is 9.21. The zero-order chi connectivity index (χ0) is 24.6. The maximum absolute atomic E-state index is 13.3. The summed E-state index contributed by atoms with van der Waals surface area (Å²) in [6.45, 7) is 12.3. The molecule has 0 radical (unpaired) electrons. The largest absolute Gasteiger partial charge is 0.491 e. The topological polar surface area (TPSA) is 110 Å². The van der Waals surface area contributed by atoms with E-state index in [1.807, 2.05) is 19.1 Å². The minimum atomic E-state index is -0.173. The lowest BCUT2D eigenvalue weighted by Crippen LogP contribution is -2.42. The van der Waals surface area contributed by atoms with Crippen LogP contribution in [-0.4, -0.2) is 51.9 Å². The molecule has 9 heteroatoms. The minimum Gasteiger partial charge on any atom is -0.491 e. The second-order valence-electron chi connectivity index (χ2n) is 10.0. The lowest BCUT2D eigenvalue weighted by molar-refractivity contribution is -0.723. The number of carbonyl (C=O) groups is 1. The van der Waals surface area contributed by atoms with Crippen LogP contribution in [0.3, 0.4) is 0 Å². The van der Waals surface area contributed by atoms with Crippen molar-refractivity contribution in [3.63, 3.8) is 0 Å². The highest BCUT2D eigenvalue weighted by atomic mass is 16.5. The molecule has 1 saturated heterocycles. The standard InChI is InChI=1S/C25H34N6O3/c1-16-17(2)23-27-30(24(26)31(23)28-22(16)29-8-6-7-9-29)15-21(33)18-12-19(25(3,4)5)14-20(13-18)34-11-10-32/h12-14,26,32H,6-11,15H2,1-5H3/p+1. The number of aliphatic hydroxyl groups is 1. The molecule has 1 aromatic carbocycles. The first-order valence-corrected chi connectivity index (χ1v) is 11.8. The third-order valence-corrected chi connectivity index (χ3v) is 6.48. The van der Waals surface area contributed by atoms with Crippen LogP contribution in [0.5, 0.6) is 5.75 Å². The van der Waals surface area contributed by atoms with Crippen molar-refractivity contribution in [2.75, 3.05) is 36.9 Å². The number of aliphatic hydroxyl groups excluding tert-OH is 1. The number of aryl methyl sites for hydroxylation is 1. The number of benzene rings is 1. The third kappa shape index (κ3) is 4.57. The van der Waals surface area contributed by atoms with Gasteiger partial charge in [-0.3, -0.25) is 10.5 Å². The van der Waals surface area contributed by atoms with Crippen LogP contribution in [0.25, 0.3) is 5.65 Å². The van der Waals surface area contributed by atoms with Crippen LogP contribution in [0.4, 0.5) is 11.8 Å². The summed E-state index contributed by atoms with van der Waals surface area (Å²) in [6.07, 6.45) is 2.31. The molecule has 3 N–H and O–H groups in total. The van der Waals surface area contributed by atoms with E-state index < -0.39 is 0 Å². The smallest absolute Gasteiger partial charge is 0.401 e. The van der Waals surface area contributed by atoms with Gasteiger partial charge in [0.2, 0.25) is 0 Å². The van der Waals surface area contributed by atoms with Crippen LogP contribution in [0, 0.1) is 13.8 Å². The number of ether oxygens (including phenoxy) is 1. The van der Waals surface area contributed by atoms with Gasteiger partial charge in [-0.25, -0.2) is 0 Å². The predicted octanol–water partition coefficient (Wildman–Crippen LogP) is 2.37. The van der Waals surface area contributed by atoms with Gasteiger partial charge in [0.1, 0.15) is 12.4 Å². The van der Waals surface area contributed by atoms with Crippen molar-refractivity contribution in [3.8, 4) is 5.75 Å². The Labute approximate surface area is 200 Å². The van der Waals surface area contributed by atoms with E-state index in [2.05, 4.69) is 37.7 Å². The van der Waals surface area contributed by atoms with E-state index in [1.54, 1.807) is 10.6 Å². The Bertz CT molecular complexity index is 1220. The van der Waals surface area contributed by atoms with Crippen molar-refractivity contribution in [3.05, 3.63) is 40.5 Å². The lowest BCUT2D eigenvalue weighted by atomic mass is 9.85. The van der Waals surface area contributed by atoms with Gasteiger partial charge < -0.3 is 14.7 Å². The quantitative estimate of drug-likeness (QED) is 0.405. The van der Waals surface area contributed by atoms with Crippen molar-refractivity contribution in [2.45, 2.75) is 59.4 Å². The van der Waals surface area contributed by atoms with E-state index >= 15 is 0 Å². The van der Waals surface area contributed by atoms with Gasteiger partial charge in [0.05, 0.1) is 6.61 Å². The molecule has 0 bridgehead atoms. The van der Waals surface area contributed by atoms with Gasteiger partial charge in [-0.05, 0) is 55.9 Å². The molecule has 0 saturated carbocycles. The number of Topliss-reactive ketones (excluding diaryl/α,β-unsaturated/α-hetero) is 1. The Morgan fingerprint density at radius 1 is 1.18 bits per heavy atom. The maximum atomic E-state index is 13.3. The minimum absolute atomic E-state index is 0.0141. The van der Waals surface area contributed by atoms with E-state index in [9.17, 15) is 4.79 Å². The SMILES string of the molecule is Cc1c(N2CCCC2)nn2c(N)[n+](CC(=O)c3cc(OCCO)cc(C(C)(C)C)c3)nc2c1C. The normalized spacial score (nSPS) is 14.2. The molecule has 0 unspecified atom stereocenters. The zero-order valence-corrected chi connectivity index (χ0v) is 20.8. The van der Waals surface area contributed by atoms with Crippen LogP contribution >= 0.6 is 0 Å². The molecule has 1 aliphatic heterocycles. The highest BCUT2D eigenvalue weighted by molar-refractivity contribution is 5.95. The van der Waals surface area contributed by atoms with E-state index in [4.69, 9.17) is 20.7 Å². The number of ketones is 1. The number of nitrogens with two attached hydrogens (primary N) is 1. The Kier molecular flexibility index (Phi) is 6.49. The first-order valence-electron chi connectivity index (χ1n) is 11.8. The number of carbonyl (C=O) groups excluding carboxylic acids is 1. The van der Waals surface area contributed by atoms with Gasteiger partial charge in [-0.2, -0.15) is 0 Å². The van der Waals surface area contributed by atoms with Gasteiger partial charge in [-0.15, -0.1) is 4.68 Å². The van der Waals surface area contributed by atoms with Crippen LogP contribution in [0.15, 0.2) is 18.2 Å². The number of nitrogens with zero attached hydrogens (tertiary/aromatic N) is 5. The van der Waals surface area contributed by atoms with Crippen LogP contribution in [0.1, 0.15) is 60.7 Å². The Morgan fingerprint density at radius 3 is 2.53 bits per heavy atom. The molecule has 9 nitrogen and oxygen atoms in total. The van der Waals surface area contributed by atoms with E-state index in [0.717, 1.165) is 48.4 Å². The summed E-state index contributed by atoms with van der Waals surface area (Å²) in [5.74, 6) is 1.67. The molecule has 3 heterocycles. The van der Waals surface area contributed by atoms with E-state index in [-0.39, 0.29) is 31.0 Å².